The molecule has 0 aromatic rings. The van der Waals surface area contributed by atoms with Gasteiger partial charge in [-0.25, -0.2) is 0 Å². The third-order valence-electron chi connectivity index (χ3n) is 4.47. The van der Waals surface area contributed by atoms with E-state index in [1.54, 1.807) is 6.92 Å². The van der Waals surface area contributed by atoms with Gasteiger partial charge in [-0.1, -0.05) is 77.6 Å². The Hall–Kier alpha value is -1.50. The molecule has 0 saturated heterocycles. The summed E-state index contributed by atoms with van der Waals surface area (Å²) in [7, 11) is 0. The minimum atomic E-state index is -0.342. The topological polar surface area (TPSA) is 52.6 Å². The van der Waals surface area contributed by atoms with Gasteiger partial charge < -0.3 is 9.47 Å². The van der Waals surface area contributed by atoms with E-state index in [9.17, 15) is 9.59 Å². The predicted molar refractivity (Wildman–Crippen MR) is 110 cm³/mol. The maximum absolute atomic E-state index is 11.7. The van der Waals surface area contributed by atoms with Gasteiger partial charge in [0.05, 0.1) is 6.61 Å². The van der Waals surface area contributed by atoms with Crippen LogP contribution in [-0.2, 0) is 19.1 Å². The van der Waals surface area contributed by atoms with Crippen molar-refractivity contribution in [2.75, 3.05) is 6.61 Å². The second kappa shape index (κ2) is 19.3. The Bertz CT molecular complexity index is 433. The molecule has 0 rings (SSSR count). The highest BCUT2D eigenvalue weighted by atomic mass is 16.5. The Morgan fingerprint density at radius 3 is 1.89 bits per heavy atom. The van der Waals surface area contributed by atoms with E-state index >= 15 is 0 Å². The van der Waals surface area contributed by atoms with Crippen molar-refractivity contribution in [3.63, 3.8) is 0 Å². The van der Waals surface area contributed by atoms with Crippen LogP contribution in [0.4, 0.5) is 0 Å². The Kier molecular flexibility index (Phi) is 18.2. The minimum absolute atomic E-state index is 0.223. The molecule has 1 atom stereocenters. The van der Waals surface area contributed by atoms with E-state index in [1.807, 2.05) is 6.92 Å². The first-order valence-corrected chi connectivity index (χ1v) is 10.9. The number of carbonyl (C=O) groups excluding carboxylic acids is 2. The van der Waals surface area contributed by atoms with Crippen molar-refractivity contribution in [2.45, 2.75) is 117 Å². The second-order valence-electron chi connectivity index (χ2n) is 7.04. The highest BCUT2D eigenvalue weighted by Crippen LogP contribution is 2.11. The van der Waals surface area contributed by atoms with Gasteiger partial charge in [0.2, 0.25) is 0 Å². The Morgan fingerprint density at radius 1 is 0.778 bits per heavy atom. The lowest BCUT2D eigenvalue weighted by atomic mass is 10.1. The average molecular weight is 381 g/mol. The Labute approximate surface area is 166 Å². The molecule has 0 amide bonds. The summed E-state index contributed by atoms with van der Waals surface area (Å²) in [5.74, 6) is 5.07. The van der Waals surface area contributed by atoms with Gasteiger partial charge in [-0.2, -0.15) is 0 Å². The number of unbranched alkanes of at least 4 members (excludes halogenated alkanes) is 9. The number of hydrogen-bond donors (Lipinski definition) is 0. The van der Waals surface area contributed by atoms with E-state index in [1.165, 1.54) is 51.4 Å². The normalized spacial score (nSPS) is 11.4. The van der Waals surface area contributed by atoms with Crippen LogP contribution in [0.25, 0.3) is 0 Å². The van der Waals surface area contributed by atoms with Gasteiger partial charge in [0.15, 0.2) is 6.10 Å². The highest BCUT2D eigenvalue weighted by Gasteiger charge is 2.11. The molecule has 0 N–H and O–H groups in total. The van der Waals surface area contributed by atoms with E-state index in [2.05, 4.69) is 18.8 Å². The van der Waals surface area contributed by atoms with Gasteiger partial charge in [-0.3, -0.25) is 9.59 Å². The lowest BCUT2D eigenvalue weighted by molar-refractivity contribution is -0.147. The summed E-state index contributed by atoms with van der Waals surface area (Å²) in [6.45, 7) is 6.38. The van der Waals surface area contributed by atoms with E-state index < -0.39 is 0 Å². The molecule has 4 heteroatoms. The molecule has 0 spiro atoms. The fourth-order valence-electron chi connectivity index (χ4n) is 2.82. The molecule has 0 aliphatic heterocycles. The maximum Gasteiger partial charge on any atom is 0.307 e. The molecule has 0 aromatic carbocycles. The van der Waals surface area contributed by atoms with Crippen molar-refractivity contribution in [2.24, 2.45) is 0 Å². The first-order valence-electron chi connectivity index (χ1n) is 10.9. The maximum atomic E-state index is 11.7. The number of rotatable bonds is 17. The first kappa shape index (κ1) is 25.5. The zero-order chi connectivity index (χ0) is 20.2. The molecular formula is C23H40O4. The summed E-state index contributed by atoms with van der Waals surface area (Å²) in [5, 5.41) is 0. The molecule has 0 heterocycles. The smallest absolute Gasteiger partial charge is 0.307 e. The van der Waals surface area contributed by atoms with Crippen LogP contribution in [0.15, 0.2) is 0 Å². The van der Waals surface area contributed by atoms with E-state index in [0.29, 0.717) is 19.4 Å². The molecule has 27 heavy (non-hydrogen) atoms. The van der Waals surface area contributed by atoms with Gasteiger partial charge in [0.25, 0.3) is 0 Å². The van der Waals surface area contributed by atoms with Crippen LogP contribution in [0.3, 0.4) is 0 Å². The second-order valence-corrected chi connectivity index (χ2v) is 7.04. The molecule has 1 unspecified atom stereocenters. The molecule has 0 aliphatic carbocycles. The van der Waals surface area contributed by atoms with E-state index in [4.69, 9.17) is 9.47 Å². The Balaban J connectivity index is 3.46. The number of hydrogen-bond acceptors (Lipinski definition) is 4. The third-order valence-corrected chi connectivity index (χ3v) is 4.47. The quantitative estimate of drug-likeness (QED) is 0.177. The zero-order valence-electron chi connectivity index (χ0n) is 17.8. The molecular weight excluding hydrogens is 340 g/mol. The van der Waals surface area contributed by atoms with Crippen LogP contribution < -0.4 is 0 Å². The summed E-state index contributed by atoms with van der Waals surface area (Å²) < 4.78 is 10.5. The van der Waals surface area contributed by atoms with Crippen LogP contribution in [0.1, 0.15) is 111 Å². The minimum Gasteiger partial charge on any atom is -0.466 e. The van der Waals surface area contributed by atoms with Gasteiger partial charge in [0.1, 0.15) is 0 Å². The molecule has 0 radical (unpaired) electrons. The molecule has 0 bridgehead atoms. The first-order chi connectivity index (χ1) is 13.1. The zero-order valence-corrected chi connectivity index (χ0v) is 17.8. The van der Waals surface area contributed by atoms with Gasteiger partial charge in [0, 0.05) is 12.8 Å². The molecule has 4 nitrogen and oxygen atoms in total. The van der Waals surface area contributed by atoms with Crippen LogP contribution in [-0.4, -0.2) is 24.6 Å². The van der Waals surface area contributed by atoms with Crippen molar-refractivity contribution < 1.29 is 19.1 Å². The van der Waals surface area contributed by atoms with E-state index in [-0.39, 0.29) is 30.9 Å². The summed E-state index contributed by atoms with van der Waals surface area (Å²) >= 11 is 0. The monoisotopic (exact) mass is 380 g/mol. The molecule has 0 aromatic heterocycles. The SMILES string of the molecule is CC#CC(CC)OC(=O)CCCC(=O)OCCCCCCCCCCCC. The fraction of sp³-hybridized carbons (Fsp3) is 0.826. The average Bonchev–Trinajstić information content (AvgIpc) is 2.65. The standard InChI is InChI=1S/C23H40O4/c1-4-7-8-9-10-11-12-13-14-15-20-26-22(24)18-16-19-23(25)27-21(6-3)17-5-2/h21H,4,6-16,18-20H2,1-3H3. The van der Waals surface area contributed by atoms with Crippen molar-refractivity contribution in [1.29, 1.82) is 0 Å². The largest absolute Gasteiger partial charge is 0.466 e. The number of ether oxygens (including phenoxy) is 2. The van der Waals surface area contributed by atoms with Crippen molar-refractivity contribution in [3.05, 3.63) is 0 Å². The van der Waals surface area contributed by atoms with E-state index in [0.717, 1.165) is 12.8 Å². The summed E-state index contributed by atoms with van der Waals surface area (Å²) in [6.07, 6.45) is 13.9. The van der Waals surface area contributed by atoms with Crippen LogP contribution in [0.5, 0.6) is 0 Å². The molecule has 0 aliphatic rings. The van der Waals surface area contributed by atoms with Crippen LogP contribution in [0.2, 0.25) is 0 Å². The summed E-state index contributed by atoms with van der Waals surface area (Å²) in [6, 6.07) is 0. The molecule has 0 saturated carbocycles. The fourth-order valence-corrected chi connectivity index (χ4v) is 2.82. The number of esters is 2. The van der Waals surface area contributed by atoms with Crippen molar-refractivity contribution >= 4 is 11.9 Å². The Morgan fingerprint density at radius 2 is 1.33 bits per heavy atom. The molecule has 156 valence electrons. The van der Waals surface area contributed by atoms with Gasteiger partial charge in [-0.05, 0) is 26.2 Å². The van der Waals surface area contributed by atoms with Crippen molar-refractivity contribution in [1.82, 2.24) is 0 Å². The van der Waals surface area contributed by atoms with Gasteiger partial charge >= 0.3 is 11.9 Å². The van der Waals surface area contributed by atoms with Crippen LogP contribution in [0, 0.1) is 11.8 Å². The predicted octanol–water partition coefficient (Wildman–Crippen LogP) is 5.97. The highest BCUT2D eigenvalue weighted by molar-refractivity contribution is 5.72. The van der Waals surface area contributed by atoms with Crippen LogP contribution >= 0.6 is 0 Å². The summed E-state index contributed by atoms with van der Waals surface area (Å²) in [4.78, 5) is 23.4. The van der Waals surface area contributed by atoms with Crippen molar-refractivity contribution in [3.8, 4) is 11.8 Å². The lowest BCUT2D eigenvalue weighted by Gasteiger charge is -2.10. The lowest BCUT2D eigenvalue weighted by Crippen LogP contribution is -2.16. The third kappa shape index (κ3) is 17.7. The molecule has 0 fully saturated rings. The summed E-state index contributed by atoms with van der Waals surface area (Å²) in [5.41, 5.74) is 0. The van der Waals surface area contributed by atoms with Gasteiger partial charge in [-0.15, -0.1) is 5.92 Å². The number of carbonyl (C=O) groups is 2.